The second-order valence-electron chi connectivity index (χ2n) is 12.3. The minimum Gasteiger partial charge on any atom is -0.381 e. The molecule has 2 aromatic carbocycles. The van der Waals surface area contributed by atoms with E-state index in [-0.39, 0.29) is 29.7 Å². The molecule has 224 valence electrons. The monoisotopic (exact) mass is 572 g/mol. The minimum atomic E-state index is -0.662. The molecule has 5 rings (SSSR count). The lowest BCUT2D eigenvalue weighted by molar-refractivity contribution is -0.140. The van der Waals surface area contributed by atoms with Crippen LogP contribution in [0.15, 0.2) is 60.7 Å². The van der Waals surface area contributed by atoms with Crippen molar-refractivity contribution in [2.75, 3.05) is 38.2 Å². The first-order valence-electron chi connectivity index (χ1n) is 15.3. The molecule has 3 aliphatic rings. The van der Waals surface area contributed by atoms with Crippen LogP contribution < -0.4 is 16.0 Å². The second kappa shape index (κ2) is 13.7. The third-order valence-electron chi connectivity index (χ3n) is 9.13. The number of anilines is 1. The van der Waals surface area contributed by atoms with E-state index in [1.807, 2.05) is 62.4 Å². The Morgan fingerprint density at radius 2 is 1.83 bits per heavy atom. The number of aryl methyl sites for hydroxylation is 2. The van der Waals surface area contributed by atoms with Gasteiger partial charge in [0.05, 0.1) is 12.0 Å². The summed E-state index contributed by atoms with van der Waals surface area (Å²) < 4.78 is 5.60. The average molecular weight is 573 g/mol. The molecular weight excluding hydrogens is 528 g/mol. The molecule has 8 nitrogen and oxygen atoms in total. The second-order valence-corrected chi connectivity index (χ2v) is 12.3. The molecule has 1 spiro atoms. The Bertz CT molecular complexity index is 1290. The van der Waals surface area contributed by atoms with E-state index in [1.54, 1.807) is 0 Å². The van der Waals surface area contributed by atoms with Gasteiger partial charge >= 0.3 is 0 Å². The van der Waals surface area contributed by atoms with Crippen LogP contribution in [0.3, 0.4) is 0 Å². The summed E-state index contributed by atoms with van der Waals surface area (Å²) in [5.41, 5.74) is 3.43. The van der Waals surface area contributed by atoms with Crippen LogP contribution >= 0.6 is 0 Å². The maximum atomic E-state index is 13.8. The maximum Gasteiger partial charge on any atom is 0.243 e. The van der Waals surface area contributed by atoms with Gasteiger partial charge in [0, 0.05) is 44.5 Å². The molecule has 3 atom stereocenters. The molecule has 3 aliphatic heterocycles. The quantitative estimate of drug-likeness (QED) is 0.472. The van der Waals surface area contributed by atoms with E-state index in [9.17, 15) is 14.4 Å². The lowest BCUT2D eigenvalue weighted by atomic mass is 9.75. The predicted molar refractivity (Wildman–Crippen MR) is 164 cm³/mol. The van der Waals surface area contributed by atoms with Crippen LogP contribution in [0.1, 0.15) is 48.8 Å². The van der Waals surface area contributed by atoms with E-state index >= 15 is 0 Å². The zero-order chi connectivity index (χ0) is 29.5. The fraction of sp³-hybridized carbons (Fsp3) is 0.500. The summed E-state index contributed by atoms with van der Waals surface area (Å²) in [6, 6.07) is 15.2. The van der Waals surface area contributed by atoms with Crippen molar-refractivity contribution in [3.8, 4) is 0 Å². The van der Waals surface area contributed by atoms with Crippen molar-refractivity contribution in [1.29, 1.82) is 0 Å². The van der Waals surface area contributed by atoms with Gasteiger partial charge in [-0.15, -0.1) is 0 Å². The number of allylic oxidation sites excluding steroid dienone is 2. The Kier molecular flexibility index (Phi) is 9.75. The maximum absolute atomic E-state index is 13.8. The molecule has 0 radical (unpaired) electrons. The first-order valence-corrected chi connectivity index (χ1v) is 15.3. The van der Waals surface area contributed by atoms with E-state index < -0.39 is 11.5 Å². The molecule has 2 aromatic rings. The largest absolute Gasteiger partial charge is 0.381 e. The molecule has 0 aliphatic carbocycles. The minimum absolute atomic E-state index is 0.0259. The molecule has 8 heteroatoms. The number of likely N-dealkylation sites (tertiary alicyclic amines) is 1. The van der Waals surface area contributed by atoms with Gasteiger partial charge in [-0.25, -0.2) is 0 Å². The van der Waals surface area contributed by atoms with Crippen molar-refractivity contribution in [3.63, 3.8) is 0 Å². The van der Waals surface area contributed by atoms with Gasteiger partial charge in [0.1, 0.15) is 6.04 Å². The molecular formula is C34H44N4O4. The fourth-order valence-corrected chi connectivity index (χ4v) is 6.46. The summed E-state index contributed by atoms with van der Waals surface area (Å²) in [7, 11) is 0. The third-order valence-corrected chi connectivity index (χ3v) is 9.13. The molecule has 0 unspecified atom stereocenters. The van der Waals surface area contributed by atoms with E-state index in [2.05, 4.69) is 33.0 Å². The highest BCUT2D eigenvalue weighted by molar-refractivity contribution is 5.93. The number of amides is 3. The topological polar surface area (TPSA) is 99.8 Å². The Labute approximate surface area is 249 Å². The molecule has 0 aromatic heterocycles. The van der Waals surface area contributed by atoms with Crippen molar-refractivity contribution in [3.05, 3.63) is 77.4 Å². The van der Waals surface area contributed by atoms with Crippen molar-refractivity contribution >= 4 is 23.4 Å². The number of hydrogen-bond donors (Lipinski definition) is 3. The van der Waals surface area contributed by atoms with Crippen molar-refractivity contribution in [1.82, 2.24) is 15.5 Å². The highest BCUT2D eigenvalue weighted by Crippen LogP contribution is 2.36. The van der Waals surface area contributed by atoms with Crippen LogP contribution in [0, 0.1) is 25.2 Å². The summed E-state index contributed by atoms with van der Waals surface area (Å²) in [6.45, 7) is 6.84. The third kappa shape index (κ3) is 7.47. The van der Waals surface area contributed by atoms with Crippen LogP contribution in [0.25, 0.3) is 0 Å². The number of piperidine rings is 1. The smallest absolute Gasteiger partial charge is 0.243 e. The van der Waals surface area contributed by atoms with Gasteiger partial charge < -0.3 is 20.7 Å². The zero-order valence-electron chi connectivity index (χ0n) is 24.9. The van der Waals surface area contributed by atoms with E-state index in [1.165, 1.54) is 0 Å². The van der Waals surface area contributed by atoms with Crippen molar-refractivity contribution in [2.24, 2.45) is 11.3 Å². The normalized spacial score (nSPS) is 25.7. The first-order chi connectivity index (χ1) is 20.3. The van der Waals surface area contributed by atoms with Crippen molar-refractivity contribution in [2.45, 2.75) is 64.5 Å². The molecule has 2 fully saturated rings. The predicted octanol–water partition coefficient (Wildman–Crippen LogP) is 3.92. The van der Waals surface area contributed by atoms with Crippen LogP contribution in [-0.2, 0) is 25.5 Å². The number of hydrogen-bond acceptors (Lipinski definition) is 5. The Morgan fingerprint density at radius 3 is 2.62 bits per heavy atom. The van der Waals surface area contributed by atoms with Gasteiger partial charge in [0.2, 0.25) is 17.7 Å². The summed E-state index contributed by atoms with van der Waals surface area (Å²) in [4.78, 5) is 42.7. The Hall–Kier alpha value is -3.49. The lowest BCUT2D eigenvalue weighted by Gasteiger charge is -2.40. The number of nitrogens with one attached hydrogen (secondary N) is 3. The number of carbonyl (C=O) groups is 3. The number of ether oxygens (including phenoxy) is 1. The SMILES string of the molecule is Cc1ccc(C)c(NC(=O)CN2CC[C@@H]3NC(=O)[C@H](Cc4ccccc4)NC(=O)C4(C/C=C/C[C@H]3C2)CCOCC4)c1. The van der Waals surface area contributed by atoms with E-state index in [4.69, 9.17) is 4.74 Å². The number of benzene rings is 2. The number of rotatable bonds is 5. The molecule has 2 saturated heterocycles. The Morgan fingerprint density at radius 1 is 1.05 bits per heavy atom. The number of carbonyl (C=O) groups excluding carboxylic acids is 3. The van der Waals surface area contributed by atoms with Gasteiger partial charge in [-0.1, -0.05) is 54.6 Å². The zero-order valence-corrected chi connectivity index (χ0v) is 24.9. The molecule has 42 heavy (non-hydrogen) atoms. The molecule has 3 heterocycles. The highest BCUT2D eigenvalue weighted by Gasteiger charge is 2.41. The lowest BCUT2D eigenvalue weighted by Crippen LogP contribution is -2.58. The molecule has 3 amide bonds. The van der Waals surface area contributed by atoms with Crippen LogP contribution in [-0.4, -0.2) is 67.6 Å². The summed E-state index contributed by atoms with van der Waals surface area (Å²) in [6.07, 6.45) is 8.16. The van der Waals surface area contributed by atoms with Crippen LogP contribution in [0.5, 0.6) is 0 Å². The summed E-state index contributed by atoms with van der Waals surface area (Å²) in [5, 5.41) is 9.54. The first kappa shape index (κ1) is 30.0. The van der Waals surface area contributed by atoms with Gasteiger partial charge in [-0.3, -0.25) is 19.3 Å². The Balaban J connectivity index is 1.31. The molecule has 0 bridgehead atoms. The van der Waals surface area contributed by atoms with Crippen molar-refractivity contribution < 1.29 is 19.1 Å². The summed E-state index contributed by atoms with van der Waals surface area (Å²) in [5.74, 6) is -0.0732. The van der Waals surface area contributed by atoms with Gasteiger partial charge in [0.15, 0.2) is 0 Å². The van der Waals surface area contributed by atoms with Gasteiger partial charge in [-0.05, 0) is 74.6 Å². The van der Waals surface area contributed by atoms with Gasteiger partial charge in [-0.2, -0.15) is 0 Å². The highest BCUT2D eigenvalue weighted by atomic mass is 16.5. The van der Waals surface area contributed by atoms with Crippen LogP contribution in [0.2, 0.25) is 0 Å². The van der Waals surface area contributed by atoms with Crippen LogP contribution in [0.4, 0.5) is 5.69 Å². The number of nitrogens with zero attached hydrogens (tertiary/aromatic N) is 1. The summed E-state index contributed by atoms with van der Waals surface area (Å²) >= 11 is 0. The standard InChI is InChI=1S/C34H44N4O4/c1-24-11-12-25(2)29(20-24)35-31(39)23-38-17-13-28-27(22-38)10-6-7-14-34(15-18-42-19-16-34)33(41)37-30(32(40)36-28)21-26-8-4-3-5-9-26/h3-9,11-12,20,27-28,30H,10,13-19,21-23H2,1-2H3,(H,35,39)(H,36,40)(H,37,41)/b7-6+/t27-,28-,30-/m0/s1. The average Bonchev–Trinajstić information content (AvgIpc) is 2.98. The molecule has 3 N–H and O–H groups in total. The van der Waals surface area contributed by atoms with Gasteiger partial charge in [0.25, 0.3) is 0 Å². The molecule has 0 saturated carbocycles. The fourth-order valence-electron chi connectivity index (χ4n) is 6.46. The van der Waals surface area contributed by atoms with E-state index in [0.29, 0.717) is 58.5 Å². The van der Waals surface area contributed by atoms with E-state index in [0.717, 1.165) is 35.2 Å². The number of fused-ring (bicyclic) bond motifs is 1.